The third kappa shape index (κ3) is 3.18. The molecule has 4 aliphatic rings. The Morgan fingerprint density at radius 2 is 1.86 bits per heavy atom. The zero-order valence-corrected chi connectivity index (χ0v) is 18.8. The molecule has 4 saturated carbocycles. The maximum Gasteiger partial charge on any atom is 0.305 e. The molecule has 0 bridgehead atoms. The molecule has 2 heteroatoms. The Morgan fingerprint density at radius 3 is 2.61 bits per heavy atom. The average molecular weight is 387 g/mol. The van der Waals surface area contributed by atoms with Crippen LogP contribution >= 0.6 is 0 Å². The summed E-state index contributed by atoms with van der Waals surface area (Å²) in [4.78, 5) is 11.6. The number of carbonyl (C=O) groups is 1. The third-order valence-electron chi connectivity index (χ3n) is 10.4. The molecule has 0 aromatic rings. The van der Waals surface area contributed by atoms with Crippen LogP contribution in [0.5, 0.6) is 0 Å². The highest BCUT2D eigenvalue weighted by Gasteiger charge is 2.60. The number of allylic oxidation sites excluding steroid dienone is 1. The highest BCUT2D eigenvalue weighted by atomic mass is 16.5. The fourth-order valence-corrected chi connectivity index (χ4v) is 8.78. The quantitative estimate of drug-likeness (QED) is 0.393. The van der Waals surface area contributed by atoms with Crippen molar-refractivity contribution >= 4 is 5.97 Å². The molecule has 0 aromatic carbocycles. The van der Waals surface area contributed by atoms with Crippen LogP contribution < -0.4 is 0 Å². The molecule has 4 aliphatic carbocycles. The molecule has 3 unspecified atom stereocenters. The summed E-state index contributed by atoms with van der Waals surface area (Å²) in [6.07, 6.45) is 14.1. The monoisotopic (exact) mass is 386 g/mol. The van der Waals surface area contributed by atoms with E-state index in [1.54, 1.807) is 0 Å². The van der Waals surface area contributed by atoms with Gasteiger partial charge in [0.1, 0.15) is 0 Å². The van der Waals surface area contributed by atoms with Crippen molar-refractivity contribution < 1.29 is 9.53 Å². The van der Waals surface area contributed by atoms with E-state index in [0.29, 0.717) is 23.2 Å². The first kappa shape index (κ1) is 20.5. The van der Waals surface area contributed by atoms with E-state index in [9.17, 15) is 4.79 Å². The topological polar surface area (TPSA) is 26.3 Å². The van der Waals surface area contributed by atoms with E-state index < -0.39 is 0 Å². The molecule has 0 aromatic heterocycles. The lowest BCUT2D eigenvalue weighted by Crippen LogP contribution is -2.53. The maximum atomic E-state index is 11.6. The van der Waals surface area contributed by atoms with Crippen LogP contribution in [-0.2, 0) is 9.53 Å². The molecule has 4 rings (SSSR count). The van der Waals surface area contributed by atoms with Gasteiger partial charge in [0.05, 0.1) is 7.11 Å². The molecule has 0 radical (unpaired) electrons. The van der Waals surface area contributed by atoms with Gasteiger partial charge in [-0.1, -0.05) is 32.9 Å². The van der Waals surface area contributed by atoms with Crippen molar-refractivity contribution in [3.63, 3.8) is 0 Å². The number of fused-ring (bicyclic) bond motifs is 5. The molecule has 0 N–H and O–H groups in total. The zero-order chi connectivity index (χ0) is 20.1. The van der Waals surface area contributed by atoms with Gasteiger partial charge in [0.15, 0.2) is 0 Å². The minimum atomic E-state index is -0.0413. The minimum absolute atomic E-state index is 0.0413. The summed E-state index contributed by atoms with van der Waals surface area (Å²) < 4.78 is 4.89. The Balaban J connectivity index is 1.49. The van der Waals surface area contributed by atoms with Gasteiger partial charge in [-0.15, -0.1) is 0 Å². The van der Waals surface area contributed by atoms with Crippen LogP contribution in [0, 0.1) is 46.3 Å². The second-order valence-corrected chi connectivity index (χ2v) is 11.4. The Hall–Kier alpha value is -0.790. The highest BCUT2D eigenvalue weighted by molar-refractivity contribution is 5.69. The lowest BCUT2D eigenvalue weighted by atomic mass is 9.44. The summed E-state index contributed by atoms with van der Waals surface area (Å²) in [5.41, 5.74) is 2.58. The Labute approximate surface area is 172 Å². The summed E-state index contributed by atoms with van der Waals surface area (Å²) in [5.74, 6) is 5.09. The summed E-state index contributed by atoms with van der Waals surface area (Å²) in [7, 11) is 1.51. The van der Waals surface area contributed by atoms with Gasteiger partial charge in [0, 0.05) is 6.42 Å². The van der Waals surface area contributed by atoms with Crippen molar-refractivity contribution in [1.29, 1.82) is 0 Å². The van der Waals surface area contributed by atoms with Gasteiger partial charge in [-0.3, -0.25) is 4.79 Å². The highest BCUT2D eigenvalue weighted by Crippen LogP contribution is 2.68. The number of hydrogen-bond acceptors (Lipinski definition) is 2. The largest absolute Gasteiger partial charge is 0.469 e. The SMILES string of the molecule is C=C1CC[C@]2(C)C3CC[C@@]4(C)C(CC[C@@H]4[C@H](C)CCC(=O)OC)C3CC[C@H]2C1. The molecule has 158 valence electrons. The summed E-state index contributed by atoms with van der Waals surface area (Å²) in [5, 5.41) is 0. The van der Waals surface area contributed by atoms with Gasteiger partial charge in [-0.05, 0) is 111 Å². The van der Waals surface area contributed by atoms with Crippen LogP contribution in [0.15, 0.2) is 12.2 Å². The lowest BCUT2D eigenvalue weighted by Gasteiger charge is -2.61. The van der Waals surface area contributed by atoms with Crippen LogP contribution in [0.4, 0.5) is 0 Å². The molecule has 0 saturated heterocycles. The van der Waals surface area contributed by atoms with Crippen molar-refractivity contribution in [3.05, 3.63) is 12.2 Å². The minimum Gasteiger partial charge on any atom is -0.469 e. The molecule has 28 heavy (non-hydrogen) atoms. The summed E-state index contributed by atoms with van der Waals surface area (Å²) in [6.45, 7) is 12.0. The first-order valence-corrected chi connectivity index (χ1v) is 12.0. The van der Waals surface area contributed by atoms with Crippen LogP contribution in [0.1, 0.15) is 91.4 Å². The Kier molecular flexibility index (Phi) is 5.47. The van der Waals surface area contributed by atoms with E-state index in [-0.39, 0.29) is 5.97 Å². The fourth-order valence-electron chi connectivity index (χ4n) is 8.78. The molecule has 8 atom stereocenters. The van der Waals surface area contributed by atoms with Gasteiger partial charge < -0.3 is 4.74 Å². The molecule has 0 aliphatic heterocycles. The normalized spacial score (nSPS) is 46.3. The molecule has 2 nitrogen and oxygen atoms in total. The van der Waals surface area contributed by atoms with E-state index in [2.05, 4.69) is 27.4 Å². The first-order valence-electron chi connectivity index (χ1n) is 12.0. The van der Waals surface area contributed by atoms with Crippen LogP contribution in [0.2, 0.25) is 0 Å². The number of carbonyl (C=O) groups excluding carboxylic acids is 1. The number of hydrogen-bond donors (Lipinski definition) is 0. The number of rotatable bonds is 4. The van der Waals surface area contributed by atoms with Crippen molar-refractivity contribution in [2.24, 2.45) is 46.3 Å². The standard InChI is InChI=1S/C26H42O2/c1-17-12-14-25(3)19(16-17)7-8-20-22-10-9-21(18(2)6-11-24(27)28-5)26(22,4)15-13-23(20)25/h18-23H,1,6-16H2,2-5H3/t18-,19+,20?,21-,22?,23?,25+,26-/m1/s1. The van der Waals surface area contributed by atoms with Crippen molar-refractivity contribution in [2.45, 2.75) is 91.4 Å². The summed E-state index contributed by atoms with van der Waals surface area (Å²) >= 11 is 0. The fraction of sp³-hybridized carbons (Fsp3) is 0.885. The van der Waals surface area contributed by atoms with E-state index in [0.717, 1.165) is 36.0 Å². The predicted molar refractivity (Wildman–Crippen MR) is 115 cm³/mol. The Morgan fingerprint density at radius 1 is 1.11 bits per heavy atom. The van der Waals surface area contributed by atoms with Crippen molar-refractivity contribution in [2.75, 3.05) is 7.11 Å². The average Bonchev–Trinajstić information content (AvgIpc) is 3.03. The molecular weight excluding hydrogens is 344 g/mol. The molecule has 0 amide bonds. The molecule has 0 spiro atoms. The first-order chi connectivity index (χ1) is 13.3. The van der Waals surface area contributed by atoms with Crippen LogP contribution in [0.3, 0.4) is 0 Å². The van der Waals surface area contributed by atoms with Gasteiger partial charge in [0.2, 0.25) is 0 Å². The Bertz CT molecular complexity index is 624. The lowest BCUT2D eigenvalue weighted by molar-refractivity contribution is -0.141. The summed E-state index contributed by atoms with van der Waals surface area (Å²) in [6, 6.07) is 0. The van der Waals surface area contributed by atoms with E-state index >= 15 is 0 Å². The number of methoxy groups -OCH3 is 1. The number of ether oxygens (including phenoxy) is 1. The van der Waals surface area contributed by atoms with Crippen molar-refractivity contribution in [1.82, 2.24) is 0 Å². The van der Waals surface area contributed by atoms with Gasteiger partial charge >= 0.3 is 5.97 Å². The van der Waals surface area contributed by atoms with Crippen molar-refractivity contribution in [3.8, 4) is 0 Å². The van der Waals surface area contributed by atoms with Gasteiger partial charge in [0.25, 0.3) is 0 Å². The third-order valence-corrected chi connectivity index (χ3v) is 10.4. The van der Waals surface area contributed by atoms with E-state index in [1.165, 1.54) is 70.5 Å². The van der Waals surface area contributed by atoms with E-state index in [1.807, 2.05) is 0 Å². The molecular formula is C26H42O2. The second kappa shape index (κ2) is 7.47. The molecule has 0 heterocycles. The number of esters is 1. The smallest absolute Gasteiger partial charge is 0.305 e. The van der Waals surface area contributed by atoms with Gasteiger partial charge in [-0.2, -0.15) is 0 Å². The van der Waals surface area contributed by atoms with Crippen LogP contribution in [-0.4, -0.2) is 13.1 Å². The zero-order valence-electron chi connectivity index (χ0n) is 18.8. The second-order valence-electron chi connectivity index (χ2n) is 11.4. The molecule has 4 fully saturated rings. The van der Waals surface area contributed by atoms with Gasteiger partial charge in [-0.25, -0.2) is 0 Å². The van der Waals surface area contributed by atoms with E-state index in [4.69, 9.17) is 4.74 Å². The predicted octanol–water partition coefficient (Wildman–Crippen LogP) is 6.79. The van der Waals surface area contributed by atoms with Crippen LogP contribution in [0.25, 0.3) is 0 Å². The maximum absolute atomic E-state index is 11.6.